The van der Waals surface area contributed by atoms with Crippen LogP contribution in [0.4, 0.5) is 0 Å². The van der Waals surface area contributed by atoms with Gasteiger partial charge in [-0.25, -0.2) is 4.79 Å². The van der Waals surface area contributed by atoms with E-state index in [1.807, 2.05) is 6.07 Å². The number of carboxylic acids is 1. The minimum absolute atomic E-state index is 0.207. The molecular weight excluding hydrogens is 286 g/mol. The minimum Gasteiger partial charge on any atom is -0.480 e. The highest BCUT2D eigenvalue weighted by atomic mass is 16.5. The first kappa shape index (κ1) is 15.8. The lowest BCUT2D eigenvalue weighted by Crippen LogP contribution is -2.41. The zero-order chi connectivity index (χ0) is 15.9. The van der Waals surface area contributed by atoms with E-state index in [9.17, 15) is 9.59 Å². The van der Waals surface area contributed by atoms with Gasteiger partial charge in [-0.1, -0.05) is 12.1 Å². The lowest BCUT2D eigenvalue weighted by atomic mass is 10.1. The van der Waals surface area contributed by atoms with E-state index in [1.54, 1.807) is 36.8 Å². The Kier molecular flexibility index (Phi) is 5.32. The molecule has 1 unspecified atom stereocenters. The number of carboxylic acid groups (broad SMARTS) is 1. The number of furan rings is 1. The summed E-state index contributed by atoms with van der Waals surface area (Å²) in [5, 5.41) is 11.6. The Morgan fingerprint density at radius 3 is 2.77 bits per heavy atom. The molecule has 1 heterocycles. The molecule has 0 bridgehead atoms. The van der Waals surface area contributed by atoms with Crippen LogP contribution < -0.4 is 5.32 Å². The number of rotatable bonds is 7. The molecule has 2 rings (SSSR count). The highest BCUT2D eigenvalue weighted by Crippen LogP contribution is 2.20. The van der Waals surface area contributed by atoms with Crippen molar-refractivity contribution < 1.29 is 23.8 Å². The number of ether oxygens (including phenoxy) is 1. The van der Waals surface area contributed by atoms with E-state index < -0.39 is 17.9 Å². The molecule has 0 radical (unpaired) electrons. The summed E-state index contributed by atoms with van der Waals surface area (Å²) in [6.07, 6.45) is 3.34. The first-order valence-corrected chi connectivity index (χ1v) is 6.77. The number of benzene rings is 1. The molecule has 2 aromatic rings. The number of carbonyl (C=O) groups is 2. The molecule has 0 fully saturated rings. The predicted molar refractivity (Wildman–Crippen MR) is 79.5 cm³/mol. The van der Waals surface area contributed by atoms with Crippen LogP contribution in [0, 0.1) is 0 Å². The second-order valence-corrected chi connectivity index (χ2v) is 4.74. The topological polar surface area (TPSA) is 88.8 Å². The minimum atomic E-state index is -1.09. The van der Waals surface area contributed by atoms with E-state index in [-0.39, 0.29) is 13.0 Å². The van der Waals surface area contributed by atoms with E-state index in [0.717, 1.165) is 11.1 Å². The molecule has 6 heteroatoms. The second kappa shape index (κ2) is 7.42. The summed E-state index contributed by atoms with van der Waals surface area (Å²) in [7, 11) is 1.48. The molecule has 22 heavy (non-hydrogen) atoms. The third-order valence-electron chi connectivity index (χ3n) is 3.19. The van der Waals surface area contributed by atoms with E-state index in [0.29, 0.717) is 5.56 Å². The van der Waals surface area contributed by atoms with Crippen molar-refractivity contribution in [1.82, 2.24) is 5.32 Å². The zero-order valence-electron chi connectivity index (χ0n) is 12.1. The van der Waals surface area contributed by atoms with Gasteiger partial charge in [-0.15, -0.1) is 0 Å². The van der Waals surface area contributed by atoms with Crippen LogP contribution in [0.15, 0.2) is 47.3 Å². The summed E-state index contributed by atoms with van der Waals surface area (Å²) >= 11 is 0. The molecule has 0 aliphatic rings. The number of hydrogen-bond donors (Lipinski definition) is 2. The number of nitrogens with one attached hydrogen (secondary N) is 1. The molecule has 0 spiro atoms. The van der Waals surface area contributed by atoms with Crippen LogP contribution in [0.1, 0.15) is 16.8 Å². The van der Waals surface area contributed by atoms with E-state index >= 15 is 0 Å². The third-order valence-corrected chi connectivity index (χ3v) is 3.19. The maximum atomic E-state index is 12.2. The summed E-state index contributed by atoms with van der Waals surface area (Å²) in [5.41, 5.74) is 2.07. The smallest absolute Gasteiger partial charge is 0.326 e. The van der Waals surface area contributed by atoms with Crippen LogP contribution in [0.5, 0.6) is 0 Å². The van der Waals surface area contributed by atoms with Gasteiger partial charge in [-0.05, 0) is 23.8 Å². The van der Waals surface area contributed by atoms with Crippen molar-refractivity contribution in [3.8, 4) is 11.1 Å². The molecule has 1 aromatic carbocycles. The summed E-state index contributed by atoms with van der Waals surface area (Å²) in [5.74, 6) is -1.52. The van der Waals surface area contributed by atoms with Crippen molar-refractivity contribution in [3.05, 3.63) is 48.4 Å². The number of aliphatic carboxylic acids is 1. The Morgan fingerprint density at radius 1 is 1.32 bits per heavy atom. The summed E-state index contributed by atoms with van der Waals surface area (Å²) < 4.78 is 9.87. The van der Waals surface area contributed by atoms with E-state index in [4.69, 9.17) is 14.3 Å². The van der Waals surface area contributed by atoms with Gasteiger partial charge in [-0.2, -0.15) is 0 Å². The van der Waals surface area contributed by atoms with Gasteiger partial charge in [0.15, 0.2) is 0 Å². The number of amides is 1. The summed E-state index contributed by atoms with van der Waals surface area (Å²) in [6.45, 7) is 0.256. The fraction of sp³-hybridized carbons (Fsp3) is 0.250. The fourth-order valence-electron chi connectivity index (χ4n) is 2.00. The maximum Gasteiger partial charge on any atom is 0.326 e. The molecule has 0 aliphatic carbocycles. The molecule has 0 saturated carbocycles. The molecule has 1 amide bonds. The fourth-order valence-corrected chi connectivity index (χ4v) is 2.00. The Bertz CT molecular complexity index is 636. The van der Waals surface area contributed by atoms with Crippen LogP contribution in [-0.4, -0.2) is 36.7 Å². The van der Waals surface area contributed by atoms with Gasteiger partial charge in [-0.3, -0.25) is 4.79 Å². The average molecular weight is 303 g/mol. The quantitative estimate of drug-likeness (QED) is 0.818. The van der Waals surface area contributed by atoms with E-state index in [1.165, 1.54) is 7.11 Å². The number of methoxy groups -OCH3 is 1. The van der Waals surface area contributed by atoms with Crippen LogP contribution >= 0.6 is 0 Å². The standard InChI is InChI=1S/C16H17NO5/c1-21-7-6-14(16(19)20)17-15(18)12-4-2-3-11(9-12)13-5-8-22-10-13/h2-5,8-10,14H,6-7H2,1H3,(H,17,18)(H,19,20). The van der Waals surface area contributed by atoms with Gasteiger partial charge < -0.3 is 19.6 Å². The highest BCUT2D eigenvalue weighted by molar-refractivity contribution is 5.97. The van der Waals surface area contributed by atoms with Crippen molar-refractivity contribution in [1.29, 1.82) is 0 Å². The van der Waals surface area contributed by atoms with Crippen molar-refractivity contribution in [2.45, 2.75) is 12.5 Å². The van der Waals surface area contributed by atoms with E-state index in [2.05, 4.69) is 5.32 Å². The lowest BCUT2D eigenvalue weighted by Gasteiger charge is -2.14. The highest BCUT2D eigenvalue weighted by Gasteiger charge is 2.20. The van der Waals surface area contributed by atoms with Gasteiger partial charge in [0.25, 0.3) is 5.91 Å². The van der Waals surface area contributed by atoms with Crippen molar-refractivity contribution in [2.24, 2.45) is 0 Å². The normalized spacial score (nSPS) is 11.9. The molecule has 2 N–H and O–H groups in total. The third kappa shape index (κ3) is 3.95. The van der Waals surface area contributed by atoms with Crippen molar-refractivity contribution in [2.75, 3.05) is 13.7 Å². The molecule has 6 nitrogen and oxygen atoms in total. The van der Waals surface area contributed by atoms with Gasteiger partial charge in [0.05, 0.1) is 12.5 Å². The summed E-state index contributed by atoms with van der Waals surface area (Å²) in [6, 6.07) is 7.72. The van der Waals surface area contributed by atoms with Crippen LogP contribution in [-0.2, 0) is 9.53 Å². The predicted octanol–water partition coefficient (Wildman–Crippen LogP) is 2.17. The molecule has 1 aromatic heterocycles. The molecule has 0 saturated heterocycles. The number of carbonyl (C=O) groups excluding carboxylic acids is 1. The molecular formula is C16H17NO5. The zero-order valence-corrected chi connectivity index (χ0v) is 12.1. The monoisotopic (exact) mass is 303 g/mol. The second-order valence-electron chi connectivity index (χ2n) is 4.74. The average Bonchev–Trinajstić information content (AvgIpc) is 3.05. The Balaban J connectivity index is 2.12. The lowest BCUT2D eigenvalue weighted by molar-refractivity contribution is -0.139. The first-order valence-electron chi connectivity index (χ1n) is 6.77. The SMILES string of the molecule is COCCC(NC(=O)c1cccc(-c2ccoc2)c1)C(=O)O. The van der Waals surface area contributed by atoms with Crippen molar-refractivity contribution >= 4 is 11.9 Å². The Labute approximate surface area is 127 Å². The van der Waals surface area contributed by atoms with Crippen LogP contribution in [0.3, 0.4) is 0 Å². The van der Waals surface area contributed by atoms with Crippen LogP contribution in [0.25, 0.3) is 11.1 Å². The van der Waals surface area contributed by atoms with Gasteiger partial charge in [0, 0.05) is 31.3 Å². The molecule has 0 aliphatic heterocycles. The maximum absolute atomic E-state index is 12.2. The van der Waals surface area contributed by atoms with Crippen LogP contribution in [0.2, 0.25) is 0 Å². The van der Waals surface area contributed by atoms with Crippen molar-refractivity contribution in [3.63, 3.8) is 0 Å². The Morgan fingerprint density at radius 2 is 2.14 bits per heavy atom. The first-order chi connectivity index (χ1) is 10.6. The molecule has 116 valence electrons. The summed E-state index contributed by atoms with van der Waals surface area (Å²) in [4.78, 5) is 23.3. The van der Waals surface area contributed by atoms with Gasteiger partial charge >= 0.3 is 5.97 Å². The van der Waals surface area contributed by atoms with Gasteiger partial charge in [0.1, 0.15) is 6.04 Å². The largest absolute Gasteiger partial charge is 0.480 e. The van der Waals surface area contributed by atoms with Gasteiger partial charge in [0.2, 0.25) is 0 Å². The molecule has 1 atom stereocenters. The Hall–Kier alpha value is -2.60. The number of hydrogen-bond acceptors (Lipinski definition) is 4.